The molecule has 76 valence electrons. The van der Waals surface area contributed by atoms with E-state index in [0.29, 0.717) is 0 Å². The fourth-order valence-corrected chi connectivity index (χ4v) is 1.52. The van der Waals surface area contributed by atoms with Crippen molar-refractivity contribution in [1.29, 1.82) is 10.5 Å². The molecular formula is C11H16N2O. The van der Waals surface area contributed by atoms with Crippen molar-refractivity contribution in [3.8, 4) is 12.1 Å². The summed E-state index contributed by atoms with van der Waals surface area (Å²) in [6.45, 7) is 4.01. The predicted molar refractivity (Wildman–Crippen MR) is 53.0 cm³/mol. The van der Waals surface area contributed by atoms with Crippen LogP contribution >= 0.6 is 0 Å². The lowest BCUT2D eigenvalue weighted by Crippen LogP contribution is -2.21. The van der Waals surface area contributed by atoms with Crippen molar-refractivity contribution in [3.63, 3.8) is 0 Å². The molecule has 0 aromatic heterocycles. The second kappa shape index (κ2) is 7.09. The molecule has 0 rings (SSSR count). The van der Waals surface area contributed by atoms with Gasteiger partial charge in [0.05, 0.1) is 12.1 Å². The van der Waals surface area contributed by atoms with Crippen LogP contribution in [0.15, 0.2) is 0 Å². The van der Waals surface area contributed by atoms with Crippen molar-refractivity contribution in [2.24, 2.45) is 11.8 Å². The first-order valence-corrected chi connectivity index (χ1v) is 5.04. The van der Waals surface area contributed by atoms with Crippen molar-refractivity contribution < 1.29 is 4.79 Å². The Labute approximate surface area is 85.3 Å². The minimum Gasteiger partial charge on any atom is -0.297 e. The molecule has 0 radical (unpaired) electrons. The van der Waals surface area contributed by atoms with Crippen LogP contribution < -0.4 is 0 Å². The lowest BCUT2D eigenvalue weighted by Gasteiger charge is -2.13. The minimum absolute atomic E-state index is 0.103. The maximum atomic E-state index is 11.6. The fraction of sp³-hybridized carbons (Fsp3) is 0.727. The zero-order valence-corrected chi connectivity index (χ0v) is 8.79. The number of hydrogen-bond donors (Lipinski definition) is 0. The number of nitriles is 2. The van der Waals surface area contributed by atoms with E-state index in [1.54, 1.807) is 12.1 Å². The van der Waals surface area contributed by atoms with Gasteiger partial charge in [-0.3, -0.25) is 4.79 Å². The average Bonchev–Trinajstić information content (AvgIpc) is 2.19. The van der Waals surface area contributed by atoms with Crippen LogP contribution in [0.5, 0.6) is 0 Å². The summed E-state index contributed by atoms with van der Waals surface area (Å²) < 4.78 is 0. The Morgan fingerprint density at radius 2 is 1.57 bits per heavy atom. The van der Waals surface area contributed by atoms with E-state index in [1.807, 2.05) is 13.8 Å². The van der Waals surface area contributed by atoms with Gasteiger partial charge in [-0.1, -0.05) is 26.7 Å². The second-order valence-electron chi connectivity index (χ2n) is 3.37. The molecule has 0 aliphatic rings. The largest absolute Gasteiger partial charge is 0.297 e. The minimum atomic E-state index is -1.07. The lowest BCUT2D eigenvalue weighted by atomic mass is 9.88. The number of rotatable bonds is 6. The van der Waals surface area contributed by atoms with Crippen molar-refractivity contribution in [2.75, 3.05) is 0 Å². The third-order valence-corrected chi connectivity index (χ3v) is 2.22. The van der Waals surface area contributed by atoms with Gasteiger partial charge in [-0.2, -0.15) is 10.5 Å². The molecule has 0 amide bonds. The molecule has 0 aromatic carbocycles. The van der Waals surface area contributed by atoms with Gasteiger partial charge in [-0.25, -0.2) is 0 Å². The third kappa shape index (κ3) is 3.58. The highest BCUT2D eigenvalue weighted by molar-refractivity contribution is 5.87. The summed E-state index contributed by atoms with van der Waals surface area (Å²) >= 11 is 0. The van der Waals surface area contributed by atoms with Gasteiger partial charge in [-0.05, 0) is 12.8 Å². The van der Waals surface area contributed by atoms with Crippen LogP contribution in [-0.2, 0) is 4.79 Å². The van der Waals surface area contributed by atoms with E-state index < -0.39 is 5.92 Å². The number of Topliss-reactive ketones (excluding diaryl/α,β-unsaturated/α-hetero) is 1. The third-order valence-electron chi connectivity index (χ3n) is 2.22. The highest BCUT2D eigenvalue weighted by atomic mass is 16.1. The summed E-state index contributed by atoms with van der Waals surface area (Å²) in [5.74, 6) is -1.37. The highest BCUT2D eigenvalue weighted by Gasteiger charge is 2.25. The normalized spacial score (nSPS) is 9.86. The van der Waals surface area contributed by atoms with Crippen molar-refractivity contribution in [3.05, 3.63) is 0 Å². The molecule has 0 spiro atoms. The van der Waals surface area contributed by atoms with Crippen LogP contribution in [0.4, 0.5) is 0 Å². The van der Waals surface area contributed by atoms with Gasteiger partial charge in [0.15, 0.2) is 11.7 Å². The van der Waals surface area contributed by atoms with Crippen LogP contribution in [0, 0.1) is 34.5 Å². The maximum absolute atomic E-state index is 11.6. The Bertz CT molecular complexity index is 239. The quantitative estimate of drug-likeness (QED) is 0.649. The first-order valence-electron chi connectivity index (χ1n) is 5.04. The van der Waals surface area contributed by atoms with Gasteiger partial charge in [0.2, 0.25) is 0 Å². The van der Waals surface area contributed by atoms with Crippen LogP contribution in [0.2, 0.25) is 0 Å². The van der Waals surface area contributed by atoms with Gasteiger partial charge >= 0.3 is 0 Å². The van der Waals surface area contributed by atoms with Crippen molar-refractivity contribution >= 4 is 5.78 Å². The van der Waals surface area contributed by atoms with E-state index in [-0.39, 0.29) is 11.7 Å². The Morgan fingerprint density at radius 1 is 1.14 bits per heavy atom. The summed E-state index contributed by atoms with van der Waals surface area (Å²) in [6.07, 6.45) is 3.40. The van der Waals surface area contributed by atoms with Crippen molar-refractivity contribution in [1.82, 2.24) is 0 Å². The molecule has 0 heterocycles. The summed E-state index contributed by atoms with van der Waals surface area (Å²) in [4.78, 5) is 11.6. The number of hydrogen-bond acceptors (Lipinski definition) is 3. The lowest BCUT2D eigenvalue weighted by molar-refractivity contribution is -0.124. The van der Waals surface area contributed by atoms with Crippen LogP contribution in [-0.4, -0.2) is 5.78 Å². The number of ketones is 1. The predicted octanol–water partition coefficient (Wildman–Crippen LogP) is 2.44. The van der Waals surface area contributed by atoms with Gasteiger partial charge in [-0.15, -0.1) is 0 Å². The molecule has 0 saturated carbocycles. The number of nitrogens with zero attached hydrogens (tertiary/aromatic N) is 2. The molecule has 0 N–H and O–H groups in total. The molecule has 0 aliphatic heterocycles. The SMILES string of the molecule is CCCC(CCC)C(=O)C(C#N)C#N. The molecular weight excluding hydrogens is 176 g/mol. The van der Waals surface area contributed by atoms with Crippen LogP contribution in [0.3, 0.4) is 0 Å². The molecule has 0 atom stereocenters. The van der Waals surface area contributed by atoms with Gasteiger partial charge in [0, 0.05) is 5.92 Å². The Kier molecular flexibility index (Phi) is 6.41. The molecule has 0 aromatic rings. The average molecular weight is 192 g/mol. The number of carbonyl (C=O) groups excluding carboxylic acids is 1. The molecule has 3 heteroatoms. The topological polar surface area (TPSA) is 64.7 Å². The smallest absolute Gasteiger partial charge is 0.191 e. The molecule has 14 heavy (non-hydrogen) atoms. The number of carbonyl (C=O) groups is 1. The van der Waals surface area contributed by atoms with Gasteiger partial charge in [0.1, 0.15) is 0 Å². The van der Waals surface area contributed by atoms with E-state index >= 15 is 0 Å². The molecule has 0 unspecified atom stereocenters. The van der Waals surface area contributed by atoms with E-state index in [2.05, 4.69) is 0 Å². The standard InChI is InChI=1S/C11H16N2O/c1-3-5-9(6-4-2)11(14)10(7-12)8-13/h9-10H,3-6H2,1-2H3. The highest BCUT2D eigenvalue weighted by Crippen LogP contribution is 2.18. The van der Waals surface area contributed by atoms with E-state index in [9.17, 15) is 4.79 Å². The van der Waals surface area contributed by atoms with Crippen LogP contribution in [0.1, 0.15) is 39.5 Å². The van der Waals surface area contributed by atoms with Gasteiger partial charge < -0.3 is 0 Å². The molecule has 0 bridgehead atoms. The fourth-order valence-electron chi connectivity index (χ4n) is 1.52. The molecule has 0 aliphatic carbocycles. The molecule has 0 fully saturated rings. The summed E-state index contributed by atoms with van der Waals surface area (Å²) in [5.41, 5.74) is 0. The first kappa shape index (κ1) is 12.7. The summed E-state index contributed by atoms with van der Waals surface area (Å²) in [7, 11) is 0. The van der Waals surface area contributed by atoms with E-state index in [4.69, 9.17) is 10.5 Å². The van der Waals surface area contributed by atoms with E-state index in [1.165, 1.54) is 0 Å². The summed E-state index contributed by atoms with van der Waals surface area (Å²) in [5, 5.41) is 17.2. The zero-order chi connectivity index (χ0) is 11.0. The van der Waals surface area contributed by atoms with Gasteiger partial charge in [0.25, 0.3) is 0 Å². The van der Waals surface area contributed by atoms with Crippen LogP contribution in [0.25, 0.3) is 0 Å². The molecule has 3 nitrogen and oxygen atoms in total. The molecule has 0 saturated heterocycles. The zero-order valence-electron chi connectivity index (χ0n) is 8.79. The Morgan fingerprint density at radius 3 is 1.86 bits per heavy atom. The monoisotopic (exact) mass is 192 g/mol. The maximum Gasteiger partial charge on any atom is 0.191 e. The Balaban J connectivity index is 4.44. The second-order valence-corrected chi connectivity index (χ2v) is 3.37. The first-order chi connectivity index (χ1) is 6.71. The van der Waals surface area contributed by atoms with Crippen molar-refractivity contribution in [2.45, 2.75) is 39.5 Å². The summed E-state index contributed by atoms with van der Waals surface area (Å²) in [6, 6.07) is 3.48. The Hall–Kier alpha value is -1.35. The van der Waals surface area contributed by atoms with E-state index in [0.717, 1.165) is 25.7 Å².